The van der Waals surface area contributed by atoms with Crippen LogP contribution in [0, 0.1) is 58.5 Å². The monoisotopic (exact) mass is 510 g/mol. The normalized spacial score (nSPS) is 31.9. The van der Waals surface area contributed by atoms with Gasteiger partial charge in [-0.25, -0.2) is 0 Å². The molecule has 6 rings (SSSR count). The number of benzene rings is 2. The molecule has 2 aromatic carbocycles. The molecule has 0 aromatic heterocycles. The fourth-order valence-electron chi connectivity index (χ4n) is 9.20. The summed E-state index contributed by atoms with van der Waals surface area (Å²) in [5.41, 5.74) is 4.54. The molecule has 4 nitrogen and oxygen atoms in total. The van der Waals surface area contributed by atoms with E-state index in [9.17, 15) is 10.5 Å². The van der Waals surface area contributed by atoms with Gasteiger partial charge in [-0.15, -0.1) is 10.5 Å². The van der Waals surface area contributed by atoms with Crippen LogP contribution in [0.3, 0.4) is 0 Å². The second kappa shape index (κ2) is 8.26. The van der Waals surface area contributed by atoms with Crippen molar-refractivity contribution in [2.75, 3.05) is 0 Å². The van der Waals surface area contributed by atoms with Gasteiger partial charge < -0.3 is 9.47 Å². The Balaban J connectivity index is 1.85. The van der Waals surface area contributed by atoms with Gasteiger partial charge >= 0.3 is 0 Å². The van der Waals surface area contributed by atoms with Crippen LogP contribution in [0.2, 0.25) is 0 Å². The highest BCUT2D eigenvalue weighted by Gasteiger charge is 2.73. The molecule has 0 atom stereocenters. The summed E-state index contributed by atoms with van der Waals surface area (Å²) in [4.78, 5) is 0. The van der Waals surface area contributed by atoms with E-state index >= 15 is 0 Å². The van der Waals surface area contributed by atoms with Crippen molar-refractivity contribution in [1.29, 1.82) is 10.5 Å². The van der Waals surface area contributed by atoms with Crippen molar-refractivity contribution in [3.8, 4) is 24.0 Å². The molecule has 0 aliphatic heterocycles. The second-order valence-electron chi connectivity index (χ2n) is 15.1. The van der Waals surface area contributed by atoms with Crippen molar-refractivity contribution in [1.82, 2.24) is 0 Å². The zero-order valence-corrected chi connectivity index (χ0v) is 24.4. The Morgan fingerprint density at radius 3 is 1.29 bits per heavy atom. The average Bonchev–Trinajstić information content (AvgIpc) is 2.77. The molecule has 0 spiro atoms. The lowest BCUT2D eigenvalue weighted by atomic mass is 9.28. The third-order valence-electron chi connectivity index (χ3n) is 11.0. The fraction of sp³-hybridized carbons (Fsp3) is 0.588. The molecule has 4 fully saturated rings. The maximum absolute atomic E-state index is 9.61. The molecule has 0 N–H and O–H groups in total. The molecular weight excluding hydrogens is 468 g/mol. The standard InChI is InChI=1S/C34H42N2O2/c1-23-9-11-25(27(13-23)37-21-35)31-15-32(26-12-10-24(2)14-28(26)38-22-36)18-33(16-31,29(3,4)5)20-34(17-31,19-32)30(6,7)8/h9-14H,15-20H2,1-8H3. The highest BCUT2D eigenvalue weighted by atomic mass is 16.5. The van der Waals surface area contributed by atoms with Crippen molar-refractivity contribution >= 4 is 0 Å². The molecular formula is C34H42N2O2. The van der Waals surface area contributed by atoms with E-state index in [4.69, 9.17) is 9.47 Å². The molecule has 0 saturated heterocycles. The molecule has 0 unspecified atom stereocenters. The van der Waals surface area contributed by atoms with Gasteiger partial charge in [0.25, 0.3) is 12.5 Å². The van der Waals surface area contributed by atoms with E-state index in [0.717, 1.165) is 43.2 Å². The number of aryl methyl sites for hydroxylation is 2. The number of hydrogen-bond donors (Lipinski definition) is 0. The van der Waals surface area contributed by atoms with Gasteiger partial charge in [0, 0.05) is 22.0 Å². The Morgan fingerprint density at radius 1 is 0.605 bits per heavy atom. The SMILES string of the molecule is Cc1ccc(C23CC4(c5ccc(C)cc5OC#N)CC(C(C)(C)C)(C2)CC(C(C)(C)C)(C3)C4)c(OC#N)c1. The van der Waals surface area contributed by atoms with Gasteiger partial charge in [-0.3, -0.25) is 0 Å². The maximum Gasteiger partial charge on any atom is 0.292 e. The van der Waals surface area contributed by atoms with Gasteiger partial charge in [-0.1, -0.05) is 65.8 Å². The Bertz CT molecular complexity index is 1240. The average molecular weight is 511 g/mol. The van der Waals surface area contributed by atoms with E-state index in [1.54, 1.807) is 0 Å². The minimum Gasteiger partial charge on any atom is -0.388 e. The smallest absolute Gasteiger partial charge is 0.292 e. The van der Waals surface area contributed by atoms with Crippen molar-refractivity contribution in [3.63, 3.8) is 0 Å². The highest BCUT2D eigenvalue weighted by Crippen LogP contribution is 2.80. The first-order chi connectivity index (χ1) is 17.6. The first-order valence-electron chi connectivity index (χ1n) is 14.0. The highest BCUT2D eigenvalue weighted by molar-refractivity contribution is 5.51. The van der Waals surface area contributed by atoms with Gasteiger partial charge in [0.05, 0.1) is 0 Å². The second-order valence-corrected chi connectivity index (χ2v) is 15.1. The molecule has 4 bridgehead atoms. The largest absolute Gasteiger partial charge is 0.388 e. The molecule has 4 aliphatic rings. The summed E-state index contributed by atoms with van der Waals surface area (Å²) in [6.45, 7) is 18.6. The van der Waals surface area contributed by atoms with E-state index in [2.05, 4.69) is 79.7 Å². The summed E-state index contributed by atoms with van der Waals surface area (Å²) < 4.78 is 11.4. The molecule has 4 heteroatoms. The maximum atomic E-state index is 9.61. The summed E-state index contributed by atoms with van der Waals surface area (Å²) in [5, 5.41) is 19.2. The topological polar surface area (TPSA) is 66.0 Å². The van der Waals surface area contributed by atoms with E-state index < -0.39 is 0 Å². The first kappa shape index (κ1) is 26.6. The van der Waals surface area contributed by atoms with Crippen molar-refractivity contribution < 1.29 is 9.47 Å². The van der Waals surface area contributed by atoms with E-state index in [1.165, 1.54) is 17.5 Å². The van der Waals surface area contributed by atoms with Crippen LogP contribution in [-0.2, 0) is 10.8 Å². The molecule has 38 heavy (non-hydrogen) atoms. The van der Waals surface area contributed by atoms with Crippen LogP contribution < -0.4 is 9.47 Å². The number of rotatable bonds is 4. The van der Waals surface area contributed by atoms with Gasteiger partial charge in [0.15, 0.2) is 0 Å². The van der Waals surface area contributed by atoms with Crippen molar-refractivity contribution in [2.24, 2.45) is 21.7 Å². The quantitative estimate of drug-likeness (QED) is 0.386. The lowest BCUT2D eigenvalue weighted by Crippen LogP contribution is -2.69. The van der Waals surface area contributed by atoms with Crippen LogP contribution in [0.4, 0.5) is 0 Å². The molecule has 200 valence electrons. The Labute approximate surface area is 229 Å². The van der Waals surface area contributed by atoms with Crippen molar-refractivity contribution in [2.45, 2.75) is 105 Å². The third-order valence-corrected chi connectivity index (χ3v) is 11.0. The number of nitrogens with zero attached hydrogens (tertiary/aromatic N) is 2. The van der Waals surface area contributed by atoms with Crippen LogP contribution in [0.15, 0.2) is 36.4 Å². The number of hydrogen-bond acceptors (Lipinski definition) is 4. The predicted molar refractivity (Wildman–Crippen MR) is 150 cm³/mol. The third kappa shape index (κ3) is 3.75. The number of ether oxygens (including phenoxy) is 2. The van der Waals surface area contributed by atoms with Gasteiger partial charge in [-0.2, -0.15) is 0 Å². The summed E-state index contributed by atoms with van der Waals surface area (Å²) in [7, 11) is 0. The minimum atomic E-state index is -0.149. The molecule has 0 amide bonds. The zero-order chi connectivity index (χ0) is 27.8. The Morgan fingerprint density at radius 2 is 0.974 bits per heavy atom. The van der Waals surface area contributed by atoms with Crippen LogP contribution in [0.5, 0.6) is 11.5 Å². The van der Waals surface area contributed by atoms with Crippen LogP contribution in [0.1, 0.15) is 102 Å². The van der Waals surface area contributed by atoms with Crippen LogP contribution in [-0.4, -0.2) is 0 Å². The van der Waals surface area contributed by atoms with Gasteiger partial charge in [-0.05, 0) is 97.3 Å². The number of nitriles is 2. The Hall–Kier alpha value is -2.98. The summed E-state index contributed by atoms with van der Waals surface area (Å²) >= 11 is 0. The van der Waals surface area contributed by atoms with Crippen LogP contribution >= 0.6 is 0 Å². The lowest BCUT2D eigenvalue weighted by molar-refractivity contribution is -0.214. The van der Waals surface area contributed by atoms with Crippen LogP contribution in [0.25, 0.3) is 0 Å². The van der Waals surface area contributed by atoms with E-state index in [1.807, 2.05) is 24.6 Å². The van der Waals surface area contributed by atoms with Gasteiger partial charge in [0.2, 0.25) is 0 Å². The Kier molecular flexibility index (Phi) is 5.79. The summed E-state index contributed by atoms with van der Waals surface area (Å²) in [6, 6.07) is 12.9. The van der Waals surface area contributed by atoms with E-state index in [0.29, 0.717) is 11.5 Å². The fourth-order valence-corrected chi connectivity index (χ4v) is 9.20. The summed E-state index contributed by atoms with van der Waals surface area (Å²) in [5.74, 6) is 1.41. The van der Waals surface area contributed by atoms with Gasteiger partial charge in [0.1, 0.15) is 11.5 Å². The molecule has 0 heterocycles. The molecule has 2 aromatic rings. The summed E-state index contributed by atoms with van der Waals surface area (Å²) in [6.07, 6.45) is 10.4. The zero-order valence-electron chi connectivity index (χ0n) is 24.4. The first-order valence-corrected chi connectivity index (χ1v) is 14.0. The minimum absolute atomic E-state index is 0.0726. The molecule has 4 saturated carbocycles. The molecule has 4 aliphatic carbocycles. The van der Waals surface area contributed by atoms with Crippen molar-refractivity contribution in [3.05, 3.63) is 58.7 Å². The predicted octanol–water partition coefficient (Wildman–Crippen LogP) is 8.65. The van der Waals surface area contributed by atoms with E-state index in [-0.39, 0.29) is 32.5 Å². The molecule has 0 radical (unpaired) electrons. The lowest BCUT2D eigenvalue weighted by Gasteiger charge is -2.76.